The monoisotopic (exact) mass is 269 g/mol. The first-order valence-corrected chi connectivity index (χ1v) is 7.17. The smallest absolute Gasteiger partial charge is 0.295 e. The van der Waals surface area contributed by atoms with Crippen LogP contribution in [0.3, 0.4) is 0 Å². The number of thiophene rings is 1. The molecule has 16 heavy (non-hydrogen) atoms. The van der Waals surface area contributed by atoms with Crippen molar-refractivity contribution in [3.8, 4) is 0 Å². The third kappa shape index (κ3) is 5.53. The zero-order chi connectivity index (χ0) is 12.0. The summed E-state index contributed by atoms with van der Waals surface area (Å²) in [6.45, 7) is 0.0168. The molecule has 0 aliphatic heterocycles. The second kappa shape index (κ2) is 6.27. The van der Waals surface area contributed by atoms with E-state index in [-0.39, 0.29) is 13.1 Å². The van der Waals surface area contributed by atoms with Crippen LogP contribution in [0.25, 0.3) is 0 Å². The summed E-state index contributed by atoms with van der Waals surface area (Å²) in [5.74, 6) is -0.585. The van der Waals surface area contributed by atoms with E-state index in [2.05, 4.69) is 0 Å². The van der Waals surface area contributed by atoms with Crippen LogP contribution in [0.4, 0.5) is 8.28 Å². The molecule has 1 aromatic rings. The fraction of sp³-hybridized carbons (Fsp3) is 0.556. The van der Waals surface area contributed by atoms with Crippen LogP contribution in [-0.4, -0.2) is 38.8 Å². The number of halogens is 2. The Bertz CT molecular complexity index is 392. The highest BCUT2D eigenvalue weighted by molar-refractivity contribution is 7.86. The minimum absolute atomic E-state index is 0.0145. The molecule has 7 heteroatoms. The molecule has 0 amide bonds. The van der Waals surface area contributed by atoms with Crippen LogP contribution in [0.15, 0.2) is 17.5 Å². The van der Waals surface area contributed by atoms with Crippen molar-refractivity contribution in [3.63, 3.8) is 0 Å². The maximum Gasteiger partial charge on any atom is 0.303 e. The van der Waals surface area contributed by atoms with Gasteiger partial charge in [-0.1, -0.05) is 6.07 Å². The minimum Gasteiger partial charge on any atom is -0.295 e. The Balaban J connectivity index is 2.47. The molecular weight excluding hydrogens is 256 g/mol. The molecule has 1 aromatic heterocycles. The Labute approximate surface area is 97.9 Å². The van der Waals surface area contributed by atoms with Gasteiger partial charge in [-0.25, -0.2) is 4.39 Å². The molecule has 0 aliphatic carbocycles. The highest BCUT2D eigenvalue weighted by Gasteiger charge is 2.12. The van der Waals surface area contributed by atoms with Crippen molar-refractivity contribution in [3.05, 3.63) is 22.4 Å². The van der Waals surface area contributed by atoms with Crippen LogP contribution in [-0.2, 0) is 16.8 Å². The Morgan fingerprint density at radius 1 is 1.38 bits per heavy atom. The lowest BCUT2D eigenvalue weighted by molar-refractivity contribution is 0.254. The van der Waals surface area contributed by atoms with Gasteiger partial charge in [0.1, 0.15) is 6.67 Å². The highest BCUT2D eigenvalue weighted by Crippen LogP contribution is 2.11. The molecule has 0 fully saturated rings. The molecule has 0 unspecified atom stereocenters. The summed E-state index contributed by atoms with van der Waals surface area (Å²) in [7, 11) is -4.48. The van der Waals surface area contributed by atoms with Crippen LogP contribution in [0.2, 0.25) is 0 Å². The average molecular weight is 269 g/mol. The minimum atomic E-state index is -4.48. The lowest BCUT2D eigenvalue weighted by atomic mass is 10.4. The van der Waals surface area contributed by atoms with Crippen molar-refractivity contribution in [2.45, 2.75) is 6.54 Å². The van der Waals surface area contributed by atoms with Crippen molar-refractivity contribution in [1.82, 2.24) is 4.90 Å². The second-order valence-corrected chi connectivity index (χ2v) is 5.81. The van der Waals surface area contributed by atoms with E-state index in [4.69, 9.17) is 0 Å². The van der Waals surface area contributed by atoms with E-state index in [1.165, 1.54) is 11.3 Å². The van der Waals surface area contributed by atoms with Crippen LogP contribution in [0.1, 0.15) is 4.88 Å². The predicted molar refractivity (Wildman–Crippen MR) is 60.5 cm³/mol. The first kappa shape index (κ1) is 13.5. The molecular formula is C9H13F2NO2S2. The summed E-state index contributed by atoms with van der Waals surface area (Å²) < 4.78 is 45.2. The van der Waals surface area contributed by atoms with Crippen LogP contribution < -0.4 is 0 Å². The molecule has 0 radical (unpaired) electrons. The zero-order valence-electron chi connectivity index (χ0n) is 8.60. The van der Waals surface area contributed by atoms with Gasteiger partial charge in [-0.05, 0) is 11.4 Å². The summed E-state index contributed by atoms with van der Waals surface area (Å²) in [5, 5.41) is 1.88. The summed E-state index contributed by atoms with van der Waals surface area (Å²) in [6.07, 6.45) is 0. The van der Waals surface area contributed by atoms with Crippen molar-refractivity contribution in [1.29, 1.82) is 0 Å². The van der Waals surface area contributed by atoms with E-state index >= 15 is 0 Å². The first-order chi connectivity index (χ1) is 7.51. The summed E-state index contributed by atoms with van der Waals surface area (Å²) in [6, 6.07) is 3.74. The fourth-order valence-corrected chi connectivity index (χ4v) is 2.47. The van der Waals surface area contributed by atoms with E-state index in [1.54, 1.807) is 4.90 Å². The molecule has 0 spiro atoms. The lowest BCUT2D eigenvalue weighted by Gasteiger charge is -2.18. The summed E-state index contributed by atoms with van der Waals surface area (Å²) in [5.41, 5.74) is 0. The largest absolute Gasteiger partial charge is 0.303 e. The zero-order valence-corrected chi connectivity index (χ0v) is 10.2. The Hall–Kier alpha value is -0.530. The maximum atomic E-state index is 12.3. The number of rotatable bonds is 7. The normalized spacial score (nSPS) is 12.2. The van der Waals surface area contributed by atoms with Gasteiger partial charge in [0.05, 0.1) is 5.75 Å². The quantitative estimate of drug-likeness (QED) is 0.709. The van der Waals surface area contributed by atoms with Gasteiger partial charge in [-0.2, -0.15) is 8.42 Å². The number of hydrogen-bond donors (Lipinski definition) is 0. The van der Waals surface area contributed by atoms with Gasteiger partial charge in [-0.3, -0.25) is 4.90 Å². The van der Waals surface area contributed by atoms with Crippen molar-refractivity contribution >= 4 is 21.6 Å². The van der Waals surface area contributed by atoms with Crippen LogP contribution >= 0.6 is 11.3 Å². The first-order valence-electron chi connectivity index (χ1n) is 4.74. The van der Waals surface area contributed by atoms with E-state index in [1.807, 2.05) is 17.5 Å². The van der Waals surface area contributed by atoms with Gasteiger partial charge in [0.25, 0.3) is 0 Å². The standard InChI is InChI=1S/C9H13F2NO2S2/c10-3-4-12(5-7-16(11,13)14)8-9-2-1-6-15-9/h1-2,6H,3-5,7-8H2. The van der Waals surface area contributed by atoms with E-state index in [0.29, 0.717) is 6.54 Å². The average Bonchev–Trinajstić information content (AvgIpc) is 2.66. The topological polar surface area (TPSA) is 37.4 Å². The third-order valence-electron chi connectivity index (χ3n) is 2.01. The van der Waals surface area contributed by atoms with Crippen molar-refractivity contribution < 1.29 is 16.7 Å². The molecule has 0 N–H and O–H groups in total. The van der Waals surface area contributed by atoms with E-state index in [9.17, 15) is 16.7 Å². The molecule has 1 heterocycles. The van der Waals surface area contributed by atoms with E-state index < -0.39 is 22.7 Å². The van der Waals surface area contributed by atoms with Crippen molar-refractivity contribution in [2.75, 3.05) is 25.5 Å². The van der Waals surface area contributed by atoms with Gasteiger partial charge in [-0.15, -0.1) is 15.2 Å². The molecule has 0 atom stereocenters. The third-order valence-corrected chi connectivity index (χ3v) is 3.54. The molecule has 0 aliphatic rings. The second-order valence-electron chi connectivity index (χ2n) is 3.29. The molecule has 0 aromatic carbocycles. The van der Waals surface area contributed by atoms with Gasteiger partial charge >= 0.3 is 10.2 Å². The van der Waals surface area contributed by atoms with Gasteiger partial charge in [0.15, 0.2) is 0 Å². The van der Waals surface area contributed by atoms with Crippen LogP contribution in [0.5, 0.6) is 0 Å². The molecule has 1 rings (SSSR count). The Morgan fingerprint density at radius 3 is 2.62 bits per heavy atom. The summed E-state index contributed by atoms with van der Waals surface area (Å²) in [4.78, 5) is 2.59. The SMILES string of the molecule is O=S(=O)(F)CCN(CCF)Cc1cccs1. The number of alkyl halides is 1. The van der Waals surface area contributed by atoms with Crippen LogP contribution in [0, 0.1) is 0 Å². The van der Waals surface area contributed by atoms with E-state index in [0.717, 1.165) is 4.88 Å². The molecule has 0 saturated heterocycles. The maximum absolute atomic E-state index is 12.3. The molecule has 92 valence electrons. The Morgan fingerprint density at radius 2 is 2.12 bits per heavy atom. The fourth-order valence-electron chi connectivity index (χ4n) is 1.25. The molecule has 3 nitrogen and oxygen atoms in total. The molecule has 0 saturated carbocycles. The van der Waals surface area contributed by atoms with Crippen molar-refractivity contribution in [2.24, 2.45) is 0 Å². The lowest BCUT2D eigenvalue weighted by Crippen LogP contribution is -2.29. The highest BCUT2D eigenvalue weighted by atomic mass is 32.3. The van der Waals surface area contributed by atoms with Gasteiger partial charge in [0.2, 0.25) is 0 Å². The van der Waals surface area contributed by atoms with Gasteiger partial charge in [0, 0.05) is 24.5 Å². The van der Waals surface area contributed by atoms with Gasteiger partial charge < -0.3 is 0 Å². The Kier molecular flexibility index (Phi) is 5.30. The summed E-state index contributed by atoms with van der Waals surface area (Å²) >= 11 is 1.50. The predicted octanol–water partition coefficient (Wildman–Crippen LogP) is 1.82. The number of hydrogen-bond acceptors (Lipinski definition) is 4. The molecule has 0 bridgehead atoms. The number of nitrogens with zero attached hydrogens (tertiary/aromatic N) is 1.